The Morgan fingerprint density at radius 1 is 1.35 bits per heavy atom. The zero-order valence-electron chi connectivity index (χ0n) is 15.5. The summed E-state index contributed by atoms with van der Waals surface area (Å²) >= 11 is 3.44. The molecule has 1 aliphatic rings. The number of alkyl halides is 1. The summed E-state index contributed by atoms with van der Waals surface area (Å²) in [6.07, 6.45) is 3.30. The molecule has 140 valence electrons. The van der Waals surface area contributed by atoms with Gasteiger partial charge in [0, 0.05) is 35.8 Å². The average Bonchev–Trinajstić information content (AvgIpc) is 3.07. The van der Waals surface area contributed by atoms with Crippen LogP contribution < -0.4 is 4.74 Å². The van der Waals surface area contributed by atoms with E-state index in [1.165, 1.54) is 0 Å². The highest BCUT2D eigenvalue weighted by molar-refractivity contribution is 9.09. The van der Waals surface area contributed by atoms with Crippen LogP contribution in [0.25, 0.3) is 5.52 Å². The number of hydrazone groups is 1. The van der Waals surface area contributed by atoms with Gasteiger partial charge in [-0.15, -0.1) is 0 Å². The van der Waals surface area contributed by atoms with Gasteiger partial charge in [0.25, 0.3) is 0 Å². The summed E-state index contributed by atoms with van der Waals surface area (Å²) in [4.78, 5) is 12.4. The topological polar surface area (TPSA) is 59.2 Å². The molecule has 0 aromatic carbocycles. The van der Waals surface area contributed by atoms with Crippen molar-refractivity contribution in [3.05, 3.63) is 29.5 Å². The van der Waals surface area contributed by atoms with Crippen LogP contribution in [0.5, 0.6) is 5.88 Å². The van der Waals surface area contributed by atoms with Gasteiger partial charge in [-0.2, -0.15) is 10.2 Å². The number of halogens is 1. The number of unbranched alkanes of at least 4 members (excludes halogenated alkanes) is 1. The number of carbonyl (C=O) groups is 1. The minimum absolute atomic E-state index is 0.0760. The Balaban J connectivity index is 2.04. The van der Waals surface area contributed by atoms with Crippen LogP contribution in [0.1, 0.15) is 44.4 Å². The fraction of sp³-hybridized carbons (Fsp3) is 0.526. The lowest BCUT2D eigenvalue weighted by molar-refractivity contribution is -0.132. The second-order valence-corrected chi connectivity index (χ2v) is 7.37. The smallest absolute Gasteiger partial charge is 0.243 e. The predicted octanol–water partition coefficient (Wildman–Crippen LogP) is 3.65. The van der Waals surface area contributed by atoms with Gasteiger partial charge in [0.15, 0.2) is 0 Å². The lowest BCUT2D eigenvalue weighted by atomic mass is 9.93. The third-order valence-corrected chi connectivity index (χ3v) is 5.26. The van der Waals surface area contributed by atoms with E-state index < -0.39 is 0 Å². The minimum atomic E-state index is 0.0760. The molecule has 0 radical (unpaired) electrons. The quantitative estimate of drug-likeness (QED) is 0.507. The fourth-order valence-corrected chi connectivity index (χ4v) is 3.64. The molecular weight excluding hydrogens is 396 g/mol. The molecule has 1 unspecified atom stereocenters. The van der Waals surface area contributed by atoms with Gasteiger partial charge in [-0.1, -0.05) is 29.8 Å². The van der Waals surface area contributed by atoms with Crippen molar-refractivity contribution in [1.82, 2.24) is 14.6 Å². The summed E-state index contributed by atoms with van der Waals surface area (Å²) in [6, 6.07) is 6.02. The highest BCUT2D eigenvalue weighted by atomic mass is 79.9. The van der Waals surface area contributed by atoms with Crippen molar-refractivity contribution in [2.75, 3.05) is 19.0 Å². The summed E-state index contributed by atoms with van der Waals surface area (Å²) in [5, 5.41) is 11.9. The highest BCUT2D eigenvalue weighted by Crippen LogP contribution is 2.27. The Morgan fingerprint density at radius 3 is 2.85 bits per heavy atom. The van der Waals surface area contributed by atoms with E-state index in [0.29, 0.717) is 18.8 Å². The number of hydrogen-bond acceptors (Lipinski definition) is 4. The zero-order chi connectivity index (χ0) is 18.7. The second-order valence-electron chi connectivity index (χ2n) is 6.58. The fourth-order valence-electron chi connectivity index (χ4n) is 3.24. The first kappa shape index (κ1) is 18.9. The Kier molecular flexibility index (Phi) is 5.96. The van der Waals surface area contributed by atoms with Gasteiger partial charge in [0.05, 0.1) is 24.0 Å². The highest BCUT2D eigenvalue weighted by Gasteiger charge is 2.28. The normalized spacial score (nSPS) is 17.7. The average molecular weight is 421 g/mol. The van der Waals surface area contributed by atoms with Crippen molar-refractivity contribution in [1.29, 1.82) is 0 Å². The number of aromatic nitrogens is 2. The summed E-state index contributed by atoms with van der Waals surface area (Å²) in [5.41, 5.74) is 3.94. The SMILES string of the molecule is CCc1cc2c(C3=NN(CCCCBr)C(=O)CC3C)ccc(OC)n2n1. The maximum atomic E-state index is 12.4. The van der Waals surface area contributed by atoms with Crippen LogP contribution in [-0.4, -0.2) is 45.2 Å². The molecular formula is C19H25BrN4O2. The second kappa shape index (κ2) is 8.20. The maximum absolute atomic E-state index is 12.4. The molecule has 2 aromatic heterocycles. The number of methoxy groups -OCH3 is 1. The number of pyridine rings is 1. The van der Waals surface area contributed by atoms with Gasteiger partial charge in [0.2, 0.25) is 11.8 Å². The predicted molar refractivity (Wildman–Crippen MR) is 106 cm³/mol. The van der Waals surface area contributed by atoms with E-state index in [9.17, 15) is 4.79 Å². The van der Waals surface area contributed by atoms with Crippen LogP contribution in [-0.2, 0) is 11.2 Å². The molecule has 0 spiro atoms. The number of rotatable bonds is 7. The minimum Gasteiger partial charge on any atom is -0.481 e. The summed E-state index contributed by atoms with van der Waals surface area (Å²) < 4.78 is 7.28. The molecule has 2 aromatic rings. The van der Waals surface area contributed by atoms with Gasteiger partial charge in [-0.3, -0.25) is 4.79 Å². The Bertz CT molecular complexity index is 830. The number of ether oxygens (including phenoxy) is 1. The molecule has 0 N–H and O–H groups in total. The molecule has 0 fully saturated rings. The monoisotopic (exact) mass is 420 g/mol. The first-order valence-electron chi connectivity index (χ1n) is 9.09. The summed E-state index contributed by atoms with van der Waals surface area (Å²) in [7, 11) is 1.65. The van der Waals surface area contributed by atoms with E-state index in [0.717, 1.165) is 47.1 Å². The van der Waals surface area contributed by atoms with Crippen LogP contribution >= 0.6 is 15.9 Å². The Labute approximate surface area is 162 Å². The van der Waals surface area contributed by atoms with Crippen molar-refractivity contribution < 1.29 is 9.53 Å². The first-order chi connectivity index (χ1) is 12.6. The molecule has 0 saturated heterocycles. The Hall–Kier alpha value is -1.89. The third kappa shape index (κ3) is 3.63. The number of fused-ring (bicyclic) bond motifs is 1. The summed E-state index contributed by atoms with van der Waals surface area (Å²) in [6.45, 7) is 4.80. The number of nitrogens with zero attached hydrogens (tertiary/aromatic N) is 4. The lowest BCUT2D eigenvalue weighted by Gasteiger charge is -2.28. The zero-order valence-corrected chi connectivity index (χ0v) is 17.1. The molecule has 0 bridgehead atoms. The van der Waals surface area contributed by atoms with Crippen molar-refractivity contribution in [3.8, 4) is 5.88 Å². The molecule has 1 atom stereocenters. The molecule has 26 heavy (non-hydrogen) atoms. The molecule has 3 heterocycles. The van der Waals surface area contributed by atoms with Gasteiger partial charge < -0.3 is 4.74 Å². The molecule has 3 rings (SSSR count). The number of amides is 1. The van der Waals surface area contributed by atoms with Crippen LogP contribution in [0.4, 0.5) is 0 Å². The number of aryl methyl sites for hydroxylation is 1. The largest absolute Gasteiger partial charge is 0.481 e. The van der Waals surface area contributed by atoms with Gasteiger partial charge in [-0.05, 0) is 31.4 Å². The standard InChI is InChI=1S/C19H25BrN4O2/c1-4-14-12-16-15(7-8-18(26-3)24(16)21-14)19-13(2)11-17(25)23(22-19)10-6-5-9-20/h7-8,12-13H,4-6,9-11H2,1-3H3. The van der Waals surface area contributed by atoms with E-state index >= 15 is 0 Å². The van der Waals surface area contributed by atoms with Gasteiger partial charge >= 0.3 is 0 Å². The van der Waals surface area contributed by atoms with Crippen molar-refractivity contribution in [3.63, 3.8) is 0 Å². The van der Waals surface area contributed by atoms with E-state index in [1.807, 2.05) is 16.6 Å². The number of carbonyl (C=O) groups excluding carboxylic acids is 1. The molecule has 1 amide bonds. The molecule has 6 nitrogen and oxygen atoms in total. The summed E-state index contributed by atoms with van der Waals surface area (Å²) in [5.74, 6) is 0.868. The van der Waals surface area contributed by atoms with E-state index in [2.05, 4.69) is 40.9 Å². The molecule has 1 aliphatic heterocycles. The van der Waals surface area contributed by atoms with Gasteiger partial charge in [-0.25, -0.2) is 9.52 Å². The van der Waals surface area contributed by atoms with Crippen molar-refractivity contribution >= 4 is 33.1 Å². The lowest BCUT2D eigenvalue weighted by Crippen LogP contribution is -2.37. The van der Waals surface area contributed by atoms with Crippen molar-refractivity contribution in [2.24, 2.45) is 11.0 Å². The Morgan fingerprint density at radius 2 is 2.15 bits per heavy atom. The van der Waals surface area contributed by atoms with Crippen molar-refractivity contribution in [2.45, 2.75) is 39.5 Å². The van der Waals surface area contributed by atoms with Crippen LogP contribution in [0.2, 0.25) is 0 Å². The van der Waals surface area contributed by atoms with Crippen LogP contribution in [0.15, 0.2) is 23.3 Å². The first-order valence-corrected chi connectivity index (χ1v) is 10.2. The van der Waals surface area contributed by atoms with E-state index in [1.54, 1.807) is 12.1 Å². The molecule has 0 aliphatic carbocycles. The third-order valence-electron chi connectivity index (χ3n) is 4.70. The van der Waals surface area contributed by atoms with Crippen LogP contribution in [0, 0.1) is 5.92 Å². The van der Waals surface area contributed by atoms with Crippen LogP contribution in [0.3, 0.4) is 0 Å². The maximum Gasteiger partial charge on any atom is 0.243 e. The molecule has 0 saturated carbocycles. The number of hydrogen-bond donors (Lipinski definition) is 0. The van der Waals surface area contributed by atoms with E-state index in [4.69, 9.17) is 9.84 Å². The molecule has 7 heteroatoms. The van der Waals surface area contributed by atoms with E-state index in [-0.39, 0.29) is 11.8 Å². The van der Waals surface area contributed by atoms with Gasteiger partial charge in [0.1, 0.15) is 0 Å².